The van der Waals surface area contributed by atoms with Gasteiger partial charge in [0.1, 0.15) is 5.75 Å². The zero-order valence-corrected chi connectivity index (χ0v) is 19.0. The molecule has 1 N–H and O–H groups in total. The van der Waals surface area contributed by atoms with Crippen LogP contribution in [0.15, 0.2) is 29.3 Å². The highest BCUT2D eigenvalue weighted by atomic mass is 127. The first-order chi connectivity index (χ1) is 12.1. The van der Waals surface area contributed by atoms with Gasteiger partial charge in [0.05, 0.1) is 6.61 Å². The molecule has 6 heteroatoms. The molecule has 2 rings (SSSR count). The second-order valence-corrected chi connectivity index (χ2v) is 7.22. The Hall–Kier alpha value is -1.02. The number of hydrogen-bond donors (Lipinski definition) is 1. The van der Waals surface area contributed by atoms with E-state index in [1.807, 2.05) is 7.05 Å². The van der Waals surface area contributed by atoms with E-state index >= 15 is 0 Å². The van der Waals surface area contributed by atoms with Gasteiger partial charge in [0.25, 0.3) is 0 Å². The summed E-state index contributed by atoms with van der Waals surface area (Å²) in [4.78, 5) is 8.97. The monoisotopic (exact) mass is 474 g/mol. The van der Waals surface area contributed by atoms with Gasteiger partial charge in [-0.3, -0.25) is 4.99 Å². The minimum Gasteiger partial charge on any atom is -0.494 e. The van der Waals surface area contributed by atoms with E-state index in [9.17, 15) is 0 Å². The summed E-state index contributed by atoms with van der Waals surface area (Å²) in [5, 5.41) is 3.48. The minimum atomic E-state index is 0. The Balaban J connectivity index is 0.00000338. The molecule has 0 amide bonds. The highest BCUT2D eigenvalue weighted by molar-refractivity contribution is 14.0. The van der Waals surface area contributed by atoms with Gasteiger partial charge in [-0.1, -0.05) is 19.1 Å². The third-order valence-electron chi connectivity index (χ3n) is 4.69. The summed E-state index contributed by atoms with van der Waals surface area (Å²) in [6.07, 6.45) is 3.54. The number of hydrogen-bond acceptors (Lipinski definition) is 3. The van der Waals surface area contributed by atoms with Crippen molar-refractivity contribution in [3.05, 3.63) is 29.8 Å². The molecule has 0 unspecified atom stereocenters. The number of aliphatic imine (C=N–C) groups is 1. The normalized spacial score (nSPS) is 15.7. The highest BCUT2D eigenvalue weighted by Crippen LogP contribution is 2.16. The average Bonchev–Trinajstić information content (AvgIpc) is 2.61. The van der Waals surface area contributed by atoms with Crippen molar-refractivity contribution in [3.8, 4) is 5.75 Å². The summed E-state index contributed by atoms with van der Waals surface area (Å²) in [6, 6.07) is 8.36. The zero-order valence-electron chi connectivity index (χ0n) is 16.7. The average molecular weight is 474 g/mol. The Labute approximate surface area is 176 Å². The molecule has 1 fully saturated rings. The Morgan fingerprint density at radius 3 is 2.46 bits per heavy atom. The lowest BCUT2D eigenvalue weighted by molar-refractivity contribution is 0.273. The van der Waals surface area contributed by atoms with Crippen molar-refractivity contribution in [1.29, 1.82) is 0 Å². The van der Waals surface area contributed by atoms with Gasteiger partial charge in [-0.15, -0.1) is 24.0 Å². The molecule has 0 aliphatic carbocycles. The first-order valence-corrected chi connectivity index (χ1v) is 9.40. The molecule has 0 saturated carbocycles. The van der Waals surface area contributed by atoms with Crippen molar-refractivity contribution >= 4 is 29.9 Å². The lowest BCUT2D eigenvalue weighted by Gasteiger charge is -2.32. The molecular weight excluding hydrogens is 439 g/mol. The number of ether oxygens (including phenoxy) is 1. The van der Waals surface area contributed by atoms with Crippen LogP contribution in [0, 0.1) is 5.92 Å². The van der Waals surface area contributed by atoms with Gasteiger partial charge in [-0.2, -0.15) is 0 Å². The number of halogens is 1. The molecule has 0 spiro atoms. The van der Waals surface area contributed by atoms with E-state index in [1.165, 1.54) is 18.4 Å². The highest BCUT2D eigenvalue weighted by Gasteiger charge is 2.18. The first kappa shape index (κ1) is 23.0. The molecule has 1 aromatic rings. The quantitative estimate of drug-likeness (QED) is 0.285. The van der Waals surface area contributed by atoms with Gasteiger partial charge in [0, 0.05) is 33.2 Å². The summed E-state index contributed by atoms with van der Waals surface area (Å²) >= 11 is 0. The number of likely N-dealkylation sites (tertiary alicyclic amines) is 1. The molecule has 1 heterocycles. The van der Waals surface area contributed by atoms with Crippen molar-refractivity contribution in [3.63, 3.8) is 0 Å². The third-order valence-corrected chi connectivity index (χ3v) is 4.69. The molecule has 0 atom stereocenters. The molecule has 1 aliphatic heterocycles. The SMILES string of the molecule is CN=C(NCc1ccc(OCCCN(C)C)cc1)N1CCC(C)CC1.I. The smallest absolute Gasteiger partial charge is 0.193 e. The van der Waals surface area contributed by atoms with Gasteiger partial charge >= 0.3 is 0 Å². The molecule has 26 heavy (non-hydrogen) atoms. The molecule has 0 aromatic heterocycles. The van der Waals surface area contributed by atoms with Crippen LogP contribution in [0.5, 0.6) is 5.75 Å². The van der Waals surface area contributed by atoms with Gasteiger partial charge in [-0.05, 0) is 57.0 Å². The van der Waals surface area contributed by atoms with Crippen molar-refractivity contribution in [2.45, 2.75) is 32.7 Å². The van der Waals surface area contributed by atoms with Crippen molar-refractivity contribution in [2.24, 2.45) is 10.9 Å². The lowest BCUT2D eigenvalue weighted by atomic mass is 10.00. The summed E-state index contributed by atoms with van der Waals surface area (Å²) in [5.41, 5.74) is 1.24. The molecular formula is C20H35IN4O. The second-order valence-electron chi connectivity index (χ2n) is 7.22. The maximum Gasteiger partial charge on any atom is 0.193 e. The summed E-state index contributed by atoms with van der Waals surface area (Å²) in [5.74, 6) is 2.78. The molecule has 5 nitrogen and oxygen atoms in total. The van der Waals surface area contributed by atoms with E-state index in [4.69, 9.17) is 4.74 Å². The molecule has 1 saturated heterocycles. The van der Waals surface area contributed by atoms with Crippen LogP contribution in [0.4, 0.5) is 0 Å². The fraction of sp³-hybridized carbons (Fsp3) is 0.650. The number of piperidine rings is 1. The predicted octanol–water partition coefficient (Wildman–Crippen LogP) is 3.44. The fourth-order valence-electron chi connectivity index (χ4n) is 3.01. The van der Waals surface area contributed by atoms with Crippen molar-refractivity contribution in [1.82, 2.24) is 15.1 Å². The number of rotatable bonds is 7. The topological polar surface area (TPSA) is 40.1 Å². The van der Waals surface area contributed by atoms with Crippen molar-refractivity contribution in [2.75, 3.05) is 47.4 Å². The maximum atomic E-state index is 5.78. The summed E-state index contributed by atoms with van der Waals surface area (Å²) < 4.78 is 5.78. The minimum absolute atomic E-state index is 0. The number of nitrogens with zero attached hydrogens (tertiary/aromatic N) is 3. The summed E-state index contributed by atoms with van der Waals surface area (Å²) in [6.45, 7) is 7.13. The predicted molar refractivity (Wildman–Crippen MR) is 121 cm³/mol. The fourth-order valence-corrected chi connectivity index (χ4v) is 3.01. The third kappa shape index (κ3) is 8.12. The van der Waals surface area contributed by atoms with E-state index in [0.29, 0.717) is 0 Å². The molecule has 148 valence electrons. The number of nitrogens with one attached hydrogen (secondary N) is 1. The van der Waals surface area contributed by atoms with E-state index in [1.54, 1.807) is 0 Å². The standard InChI is InChI=1S/C20H34N4O.HI/c1-17-10-13-24(14-11-17)20(21-2)22-16-18-6-8-19(9-7-18)25-15-5-12-23(3)4;/h6-9,17H,5,10-16H2,1-4H3,(H,21,22);1H. The van der Waals surface area contributed by atoms with E-state index < -0.39 is 0 Å². The van der Waals surface area contributed by atoms with Crippen LogP contribution in [0.2, 0.25) is 0 Å². The van der Waals surface area contributed by atoms with Gasteiger partial charge in [0.2, 0.25) is 0 Å². The zero-order chi connectivity index (χ0) is 18.1. The lowest BCUT2D eigenvalue weighted by Crippen LogP contribution is -2.45. The number of guanidine groups is 1. The van der Waals surface area contributed by atoms with E-state index in [-0.39, 0.29) is 24.0 Å². The van der Waals surface area contributed by atoms with Gasteiger partial charge in [0.15, 0.2) is 5.96 Å². The van der Waals surface area contributed by atoms with Crippen LogP contribution in [0.3, 0.4) is 0 Å². The van der Waals surface area contributed by atoms with E-state index in [0.717, 1.165) is 56.8 Å². The van der Waals surface area contributed by atoms with E-state index in [2.05, 4.69) is 65.4 Å². The Morgan fingerprint density at radius 1 is 1.23 bits per heavy atom. The van der Waals surface area contributed by atoms with Crippen LogP contribution >= 0.6 is 24.0 Å². The van der Waals surface area contributed by atoms with Crippen LogP contribution in [0.25, 0.3) is 0 Å². The Kier molecular flexibility index (Phi) is 11.0. The largest absolute Gasteiger partial charge is 0.494 e. The molecule has 1 aliphatic rings. The van der Waals surface area contributed by atoms with Crippen LogP contribution in [0.1, 0.15) is 31.7 Å². The summed E-state index contributed by atoms with van der Waals surface area (Å²) in [7, 11) is 6.03. The van der Waals surface area contributed by atoms with Crippen molar-refractivity contribution < 1.29 is 4.74 Å². The van der Waals surface area contributed by atoms with Gasteiger partial charge < -0.3 is 19.9 Å². The Bertz CT molecular complexity index is 525. The second kappa shape index (κ2) is 12.4. The van der Waals surface area contributed by atoms with Crippen LogP contribution in [-0.2, 0) is 6.54 Å². The molecule has 0 bridgehead atoms. The van der Waals surface area contributed by atoms with Gasteiger partial charge in [-0.25, -0.2) is 0 Å². The maximum absolute atomic E-state index is 5.78. The number of benzene rings is 1. The molecule has 1 aromatic carbocycles. The first-order valence-electron chi connectivity index (χ1n) is 9.40. The van der Waals surface area contributed by atoms with Crippen LogP contribution in [-0.4, -0.2) is 63.1 Å². The molecule has 0 radical (unpaired) electrons. The Morgan fingerprint density at radius 2 is 1.88 bits per heavy atom. The van der Waals surface area contributed by atoms with Crippen LogP contribution < -0.4 is 10.1 Å².